The van der Waals surface area contributed by atoms with E-state index in [1.165, 1.54) is 21.9 Å². The average molecular weight is 868 g/mol. The first-order chi connectivity index (χ1) is 33.7. The second-order valence-corrected chi connectivity index (χ2v) is 17.2. The van der Waals surface area contributed by atoms with Crippen molar-refractivity contribution in [2.45, 2.75) is 0 Å². The van der Waals surface area contributed by atoms with E-state index in [0.717, 1.165) is 83.0 Å². The normalized spacial score (nSPS) is 11.5. The van der Waals surface area contributed by atoms with Crippen LogP contribution in [0.3, 0.4) is 0 Å². The standard InChI is InChI=1S/C63H41N5/c1-5-19-42(20-6-1)44-35-37-46(38-36-44)51-32-18-31-50(45-23-9-3-10-24-45)60(51)67-56-33-15-13-29-52(56)54-40-55-53-30-14-16-34-57(53)68(59(55)41-58(54)67)63-65-61(47-25-11-4-12-26-47)64-62(66-63)49-28-17-27-48(39-49)43-21-7-2-8-22-43/h1-41H. The molecule has 0 amide bonds. The average Bonchev–Trinajstić information content (AvgIpc) is 3.92. The number of para-hydroxylation sites is 3. The van der Waals surface area contributed by atoms with Crippen molar-refractivity contribution in [3.63, 3.8) is 0 Å². The van der Waals surface area contributed by atoms with Crippen LogP contribution in [0.15, 0.2) is 249 Å². The van der Waals surface area contributed by atoms with E-state index < -0.39 is 0 Å². The van der Waals surface area contributed by atoms with E-state index in [9.17, 15) is 0 Å². The third-order valence-corrected chi connectivity index (χ3v) is 13.2. The lowest BCUT2D eigenvalue weighted by molar-refractivity contribution is 0.953. The number of rotatable bonds is 8. The molecule has 13 aromatic rings. The summed E-state index contributed by atoms with van der Waals surface area (Å²) in [5.41, 5.74) is 16.4. The Bertz CT molecular complexity index is 3990. The van der Waals surface area contributed by atoms with Crippen LogP contribution in [0.25, 0.3) is 123 Å². The molecule has 5 nitrogen and oxygen atoms in total. The summed E-state index contributed by atoms with van der Waals surface area (Å²) in [7, 11) is 0. The molecular weight excluding hydrogens is 827 g/mol. The van der Waals surface area contributed by atoms with Crippen molar-refractivity contribution in [2.24, 2.45) is 0 Å². The van der Waals surface area contributed by atoms with Crippen LogP contribution < -0.4 is 0 Å². The number of hydrogen-bond acceptors (Lipinski definition) is 3. The molecule has 0 spiro atoms. The minimum Gasteiger partial charge on any atom is -0.308 e. The van der Waals surface area contributed by atoms with E-state index in [-0.39, 0.29) is 0 Å². The number of hydrogen-bond donors (Lipinski definition) is 0. The van der Waals surface area contributed by atoms with Gasteiger partial charge in [0.25, 0.3) is 0 Å². The molecule has 68 heavy (non-hydrogen) atoms. The Labute approximate surface area is 393 Å². The fourth-order valence-corrected chi connectivity index (χ4v) is 10.0. The van der Waals surface area contributed by atoms with Gasteiger partial charge in [-0.15, -0.1) is 0 Å². The SMILES string of the molecule is c1ccc(-c2ccc(-c3cccc(-c4ccccc4)c3-n3c4ccccc4c4cc5c6ccccc6n(-c6nc(-c7ccccc7)nc(-c7cccc(-c8ccccc8)c7)n6)c5cc43)cc2)cc1. The van der Waals surface area contributed by atoms with Gasteiger partial charge in [-0.1, -0.05) is 218 Å². The quantitative estimate of drug-likeness (QED) is 0.153. The number of aromatic nitrogens is 5. The van der Waals surface area contributed by atoms with Crippen molar-refractivity contribution < 1.29 is 0 Å². The lowest BCUT2D eigenvalue weighted by Crippen LogP contribution is -2.06. The summed E-state index contributed by atoms with van der Waals surface area (Å²) >= 11 is 0. The predicted octanol–water partition coefficient (Wildman–Crippen LogP) is 16.1. The van der Waals surface area contributed by atoms with Gasteiger partial charge >= 0.3 is 0 Å². The fraction of sp³-hybridized carbons (Fsp3) is 0. The smallest absolute Gasteiger partial charge is 0.238 e. The van der Waals surface area contributed by atoms with E-state index in [2.05, 4.69) is 234 Å². The maximum atomic E-state index is 5.38. The first-order valence-corrected chi connectivity index (χ1v) is 23.0. The molecule has 0 aliphatic carbocycles. The Morgan fingerprint density at radius 2 is 0.647 bits per heavy atom. The second kappa shape index (κ2) is 16.4. The van der Waals surface area contributed by atoms with Gasteiger partial charge in [0.05, 0.1) is 27.8 Å². The van der Waals surface area contributed by atoms with Crippen LogP contribution in [0.4, 0.5) is 0 Å². The molecule has 0 saturated heterocycles. The van der Waals surface area contributed by atoms with Crippen LogP contribution in [0.2, 0.25) is 0 Å². The Morgan fingerprint density at radius 1 is 0.235 bits per heavy atom. The summed E-state index contributed by atoms with van der Waals surface area (Å²) < 4.78 is 4.72. The van der Waals surface area contributed by atoms with E-state index in [1.807, 2.05) is 24.3 Å². The lowest BCUT2D eigenvalue weighted by Gasteiger charge is -2.19. The van der Waals surface area contributed by atoms with E-state index in [0.29, 0.717) is 17.6 Å². The van der Waals surface area contributed by atoms with Gasteiger partial charge in [0, 0.05) is 43.8 Å². The summed E-state index contributed by atoms with van der Waals surface area (Å²) in [6.07, 6.45) is 0. The Morgan fingerprint density at radius 3 is 1.26 bits per heavy atom. The van der Waals surface area contributed by atoms with E-state index >= 15 is 0 Å². The largest absolute Gasteiger partial charge is 0.308 e. The molecule has 0 aliphatic heterocycles. The molecule has 0 aliphatic rings. The van der Waals surface area contributed by atoms with Crippen molar-refractivity contribution in [1.82, 2.24) is 24.1 Å². The third-order valence-electron chi connectivity index (χ3n) is 13.2. The van der Waals surface area contributed by atoms with Crippen molar-refractivity contribution in [3.8, 4) is 78.9 Å². The Kier molecular flexibility index (Phi) is 9.43. The van der Waals surface area contributed by atoms with Crippen LogP contribution in [-0.4, -0.2) is 24.1 Å². The Hall–Kier alpha value is -9.19. The zero-order valence-corrected chi connectivity index (χ0v) is 36.9. The summed E-state index contributed by atoms with van der Waals surface area (Å²) in [5.74, 6) is 1.76. The van der Waals surface area contributed by atoms with Crippen LogP contribution >= 0.6 is 0 Å². The van der Waals surface area contributed by atoms with Crippen molar-refractivity contribution in [3.05, 3.63) is 249 Å². The Balaban J connectivity index is 1.09. The van der Waals surface area contributed by atoms with Gasteiger partial charge in [-0.3, -0.25) is 4.57 Å². The summed E-state index contributed by atoms with van der Waals surface area (Å²) in [6, 6.07) is 88.3. The number of nitrogens with zero attached hydrogens (tertiary/aromatic N) is 5. The highest BCUT2D eigenvalue weighted by Gasteiger charge is 2.24. The van der Waals surface area contributed by atoms with Gasteiger partial charge in [0.15, 0.2) is 11.6 Å². The first-order valence-electron chi connectivity index (χ1n) is 23.0. The van der Waals surface area contributed by atoms with Crippen LogP contribution in [0.5, 0.6) is 0 Å². The van der Waals surface area contributed by atoms with E-state index in [1.54, 1.807) is 0 Å². The van der Waals surface area contributed by atoms with Crippen molar-refractivity contribution in [2.75, 3.05) is 0 Å². The van der Waals surface area contributed by atoms with Crippen molar-refractivity contribution in [1.29, 1.82) is 0 Å². The molecule has 0 saturated carbocycles. The molecule has 0 N–H and O–H groups in total. The molecule has 0 bridgehead atoms. The lowest BCUT2D eigenvalue weighted by atomic mass is 9.94. The first kappa shape index (κ1) is 39.2. The summed E-state index contributed by atoms with van der Waals surface area (Å²) in [6.45, 7) is 0. The minimum absolute atomic E-state index is 0.552. The highest BCUT2D eigenvalue weighted by Crippen LogP contribution is 2.44. The molecule has 0 fully saturated rings. The van der Waals surface area contributed by atoms with Crippen LogP contribution in [-0.2, 0) is 0 Å². The predicted molar refractivity (Wildman–Crippen MR) is 281 cm³/mol. The third kappa shape index (κ3) is 6.68. The van der Waals surface area contributed by atoms with Gasteiger partial charge < -0.3 is 4.57 Å². The molecule has 3 heterocycles. The maximum absolute atomic E-state index is 5.38. The van der Waals surface area contributed by atoms with Crippen molar-refractivity contribution >= 4 is 43.6 Å². The molecule has 318 valence electrons. The second-order valence-electron chi connectivity index (χ2n) is 17.2. The van der Waals surface area contributed by atoms with Gasteiger partial charge in [-0.25, -0.2) is 4.98 Å². The highest BCUT2D eigenvalue weighted by molar-refractivity contribution is 6.19. The highest BCUT2D eigenvalue weighted by atomic mass is 15.2. The fourth-order valence-electron chi connectivity index (χ4n) is 10.0. The molecule has 3 aromatic heterocycles. The molecule has 5 heteroatoms. The van der Waals surface area contributed by atoms with Gasteiger partial charge in [-0.05, 0) is 63.7 Å². The summed E-state index contributed by atoms with van der Waals surface area (Å²) in [4.78, 5) is 15.9. The monoisotopic (exact) mass is 867 g/mol. The number of fused-ring (bicyclic) bond motifs is 6. The minimum atomic E-state index is 0.552. The maximum Gasteiger partial charge on any atom is 0.238 e. The van der Waals surface area contributed by atoms with E-state index in [4.69, 9.17) is 15.0 Å². The zero-order chi connectivity index (χ0) is 45.0. The van der Waals surface area contributed by atoms with Crippen LogP contribution in [0, 0.1) is 0 Å². The molecule has 0 radical (unpaired) electrons. The molecular formula is C63H41N5. The van der Waals surface area contributed by atoms with Gasteiger partial charge in [0.1, 0.15) is 0 Å². The molecule has 0 atom stereocenters. The van der Waals surface area contributed by atoms with Gasteiger partial charge in [0.2, 0.25) is 5.95 Å². The molecule has 13 rings (SSSR count). The van der Waals surface area contributed by atoms with Gasteiger partial charge in [-0.2, -0.15) is 9.97 Å². The zero-order valence-electron chi connectivity index (χ0n) is 36.9. The number of benzene rings is 10. The summed E-state index contributed by atoms with van der Waals surface area (Å²) in [5, 5.41) is 4.60. The molecule has 10 aromatic carbocycles. The van der Waals surface area contributed by atoms with Crippen LogP contribution in [0.1, 0.15) is 0 Å². The molecule has 0 unspecified atom stereocenters. The topological polar surface area (TPSA) is 48.5 Å².